The average molecular weight is 275 g/mol. The van der Waals surface area contributed by atoms with Gasteiger partial charge in [0, 0.05) is 11.8 Å². The van der Waals surface area contributed by atoms with Crippen molar-refractivity contribution in [2.24, 2.45) is 0 Å². The van der Waals surface area contributed by atoms with Crippen LogP contribution in [0, 0.1) is 6.92 Å². The van der Waals surface area contributed by atoms with E-state index >= 15 is 0 Å². The summed E-state index contributed by atoms with van der Waals surface area (Å²) in [5.41, 5.74) is 0.666. The first-order valence-electron chi connectivity index (χ1n) is 6.31. The lowest BCUT2D eigenvalue weighted by atomic mass is 10.3. The molecular weight excluding hydrogens is 258 g/mol. The Labute approximate surface area is 117 Å². The number of urea groups is 1. The zero-order valence-electron chi connectivity index (χ0n) is 11.6. The van der Waals surface area contributed by atoms with Crippen LogP contribution in [-0.2, 0) is 0 Å². The number of amides is 2. The topological polar surface area (TPSA) is 76.4 Å². The fraction of sp³-hybridized carbons (Fsp3) is 0.286. The summed E-state index contributed by atoms with van der Waals surface area (Å²) in [4.78, 5) is 11.7. The number of benzene rings is 1. The standard InChI is InChI=1S/C14H17N3O3/c1-9(2)19-12-6-4-11(5-7-12)15-14(18)16-13-8-10(3)20-17-13/h4-9H,1-3H3,(H2,15,16,17,18). The molecule has 0 unspecified atom stereocenters. The van der Waals surface area contributed by atoms with E-state index in [1.54, 1.807) is 37.3 Å². The van der Waals surface area contributed by atoms with E-state index in [0.717, 1.165) is 5.75 Å². The van der Waals surface area contributed by atoms with E-state index in [-0.39, 0.29) is 12.1 Å². The van der Waals surface area contributed by atoms with E-state index in [1.807, 2.05) is 13.8 Å². The summed E-state index contributed by atoms with van der Waals surface area (Å²) in [6, 6.07) is 8.40. The molecule has 2 rings (SSSR count). The van der Waals surface area contributed by atoms with Crippen LogP contribution in [0.3, 0.4) is 0 Å². The molecule has 20 heavy (non-hydrogen) atoms. The molecule has 0 spiro atoms. The molecule has 0 aliphatic rings. The number of rotatable bonds is 4. The Kier molecular flexibility index (Phi) is 4.24. The maximum atomic E-state index is 11.7. The zero-order chi connectivity index (χ0) is 14.5. The molecule has 6 nitrogen and oxygen atoms in total. The molecule has 0 bridgehead atoms. The van der Waals surface area contributed by atoms with Crippen molar-refractivity contribution < 1.29 is 14.1 Å². The molecule has 0 atom stereocenters. The van der Waals surface area contributed by atoms with Gasteiger partial charge in [0.15, 0.2) is 5.82 Å². The summed E-state index contributed by atoms with van der Waals surface area (Å²) in [5, 5.41) is 8.94. The molecule has 0 radical (unpaired) electrons. The Morgan fingerprint density at radius 1 is 1.25 bits per heavy atom. The minimum absolute atomic E-state index is 0.118. The van der Waals surface area contributed by atoms with Crippen molar-refractivity contribution in [2.75, 3.05) is 10.6 Å². The van der Waals surface area contributed by atoms with Crippen molar-refractivity contribution in [1.29, 1.82) is 0 Å². The lowest BCUT2D eigenvalue weighted by Crippen LogP contribution is -2.19. The number of aryl methyl sites for hydroxylation is 1. The number of hydrogen-bond donors (Lipinski definition) is 2. The Hall–Kier alpha value is -2.50. The summed E-state index contributed by atoms with van der Waals surface area (Å²) < 4.78 is 10.4. The maximum absolute atomic E-state index is 11.7. The Morgan fingerprint density at radius 3 is 2.50 bits per heavy atom. The lowest BCUT2D eigenvalue weighted by molar-refractivity contribution is 0.242. The van der Waals surface area contributed by atoms with Gasteiger partial charge < -0.3 is 14.6 Å². The Balaban J connectivity index is 1.91. The van der Waals surface area contributed by atoms with Crippen molar-refractivity contribution in [3.63, 3.8) is 0 Å². The van der Waals surface area contributed by atoms with E-state index in [2.05, 4.69) is 15.8 Å². The van der Waals surface area contributed by atoms with Crippen molar-refractivity contribution in [2.45, 2.75) is 26.9 Å². The van der Waals surface area contributed by atoms with E-state index in [1.165, 1.54) is 0 Å². The van der Waals surface area contributed by atoms with E-state index in [0.29, 0.717) is 17.3 Å². The number of carbonyl (C=O) groups is 1. The predicted molar refractivity (Wildman–Crippen MR) is 76.1 cm³/mol. The first-order chi connectivity index (χ1) is 9.52. The van der Waals surface area contributed by atoms with Crippen LogP contribution in [-0.4, -0.2) is 17.3 Å². The van der Waals surface area contributed by atoms with Gasteiger partial charge in [0.2, 0.25) is 0 Å². The number of nitrogens with one attached hydrogen (secondary N) is 2. The number of aromatic nitrogens is 1. The van der Waals surface area contributed by atoms with Crippen molar-refractivity contribution in [3.8, 4) is 5.75 Å². The van der Waals surface area contributed by atoms with Crippen LogP contribution in [0.25, 0.3) is 0 Å². The van der Waals surface area contributed by atoms with Gasteiger partial charge in [-0.1, -0.05) is 5.16 Å². The van der Waals surface area contributed by atoms with Crippen LogP contribution >= 0.6 is 0 Å². The molecule has 0 aliphatic carbocycles. The molecule has 2 aromatic rings. The molecule has 6 heteroatoms. The monoisotopic (exact) mass is 275 g/mol. The minimum atomic E-state index is -0.379. The SMILES string of the molecule is Cc1cc(NC(=O)Nc2ccc(OC(C)C)cc2)no1. The van der Waals surface area contributed by atoms with Gasteiger partial charge in [-0.3, -0.25) is 5.32 Å². The van der Waals surface area contributed by atoms with Crippen LogP contribution in [0.4, 0.5) is 16.3 Å². The molecule has 0 aliphatic heterocycles. The molecule has 1 heterocycles. The van der Waals surface area contributed by atoms with Crippen LogP contribution in [0.5, 0.6) is 5.75 Å². The second-order valence-corrected chi connectivity index (χ2v) is 4.59. The number of nitrogens with zero attached hydrogens (tertiary/aromatic N) is 1. The first kappa shape index (κ1) is 13.9. The number of anilines is 2. The fourth-order valence-electron chi connectivity index (χ4n) is 1.59. The summed E-state index contributed by atoms with van der Waals surface area (Å²) in [5.74, 6) is 1.77. The molecular formula is C14H17N3O3. The Morgan fingerprint density at radius 2 is 1.95 bits per heavy atom. The molecule has 0 saturated heterocycles. The third-order valence-corrected chi connectivity index (χ3v) is 2.35. The smallest absolute Gasteiger partial charge is 0.324 e. The van der Waals surface area contributed by atoms with E-state index in [4.69, 9.17) is 9.26 Å². The first-order valence-corrected chi connectivity index (χ1v) is 6.31. The lowest BCUT2D eigenvalue weighted by Gasteiger charge is -2.10. The van der Waals surface area contributed by atoms with Crippen molar-refractivity contribution in [1.82, 2.24) is 5.16 Å². The molecule has 1 aromatic carbocycles. The van der Waals surface area contributed by atoms with E-state index < -0.39 is 0 Å². The predicted octanol–water partition coefficient (Wildman–Crippen LogP) is 3.41. The highest BCUT2D eigenvalue weighted by Crippen LogP contribution is 2.17. The van der Waals surface area contributed by atoms with Gasteiger partial charge in [-0.2, -0.15) is 0 Å². The highest BCUT2D eigenvalue weighted by Gasteiger charge is 2.06. The highest BCUT2D eigenvalue weighted by atomic mass is 16.5. The molecule has 2 amide bonds. The van der Waals surface area contributed by atoms with Gasteiger partial charge in [-0.15, -0.1) is 0 Å². The van der Waals surface area contributed by atoms with Crippen LogP contribution in [0.1, 0.15) is 19.6 Å². The van der Waals surface area contributed by atoms with E-state index in [9.17, 15) is 4.79 Å². The molecule has 106 valence electrons. The zero-order valence-corrected chi connectivity index (χ0v) is 11.6. The van der Waals surface area contributed by atoms with Crippen LogP contribution in [0.2, 0.25) is 0 Å². The van der Waals surface area contributed by atoms with Gasteiger partial charge in [0.25, 0.3) is 0 Å². The largest absolute Gasteiger partial charge is 0.491 e. The molecule has 0 saturated carbocycles. The summed E-state index contributed by atoms with van der Waals surface area (Å²) in [6.07, 6.45) is 0.118. The highest BCUT2D eigenvalue weighted by molar-refractivity contribution is 5.99. The van der Waals surface area contributed by atoms with Crippen LogP contribution in [0.15, 0.2) is 34.9 Å². The van der Waals surface area contributed by atoms with Crippen molar-refractivity contribution in [3.05, 3.63) is 36.1 Å². The van der Waals surface area contributed by atoms with Gasteiger partial charge in [0.1, 0.15) is 11.5 Å². The quantitative estimate of drug-likeness (QED) is 0.896. The van der Waals surface area contributed by atoms with Gasteiger partial charge >= 0.3 is 6.03 Å². The second-order valence-electron chi connectivity index (χ2n) is 4.59. The number of hydrogen-bond acceptors (Lipinski definition) is 4. The summed E-state index contributed by atoms with van der Waals surface area (Å²) in [7, 11) is 0. The van der Waals surface area contributed by atoms with Gasteiger partial charge in [-0.05, 0) is 45.0 Å². The summed E-state index contributed by atoms with van der Waals surface area (Å²) in [6.45, 7) is 5.67. The normalized spacial score (nSPS) is 10.4. The maximum Gasteiger partial charge on any atom is 0.324 e. The average Bonchev–Trinajstić information content (AvgIpc) is 2.76. The third-order valence-electron chi connectivity index (χ3n) is 2.35. The summed E-state index contributed by atoms with van der Waals surface area (Å²) >= 11 is 0. The van der Waals surface area contributed by atoms with Crippen molar-refractivity contribution >= 4 is 17.5 Å². The van der Waals surface area contributed by atoms with Crippen LogP contribution < -0.4 is 15.4 Å². The second kappa shape index (κ2) is 6.10. The Bertz CT molecular complexity index is 576. The third kappa shape index (κ3) is 4.01. The number of carbonyl (C=O) groups excluding carboxylic acids is 1. The van der Waals surface area contributed by atoms with Gasteiger partial charge in [0.05, 0.1) is 6.10 Å². The number of ether oxygens (including phenoxy) is 1. The molecule has 0 fully saturated rings. The molecule has 1 aromatic heterocycles. The minimum Gasteiger partial charge on any atom is -0.491 e. The van der Waals surface area contributed by atoms with Gasteiger partial charge in [-0.25, -0.2) is 4.79 Å². The fourth-order valence-corrected chi connectivity index (χ4v) is 1.59. The molecule has 2 N–H and O–H groups in total.